The second kappa shape index (κ2) is 6.65. The Bertz CT molecular complexity index is 656. The molecule has 0 heterocycles. The number of nitrogens with one attached hydrogen (secondary N) is 1. The van der Waals surface area contributed by atoms with Gasteiger partial charge in [0, 0.05) is 11.8 Å². The molecule has 0 spiro atoms. The SMILES string of the molecule is CC(=O)c1ccc(F)cc1OCC(=O)Nc1ccccc1. The normalized spacial score (nSPS) is 10.0. The number of hydrogen-bond acceptors (Lipinski definition) is 3. The number of Topliss-reactive ketones (excluding diaryl/α,β-unsaturated/α-hetero) is 1. The van der Waals surface area contributed by atoms with Crippen LogP contribution in [0.2, 0.25) is 0 Å². The molecule has 2 aromatic rings. The highest BCUT2D eigenvalue weighted by molar-refractivity contribution is 5.97. The largest absolute Gasteiger partial charge is 0.483 e. The number of hydrogen-bond donors (Lipinski definition) is 1. The number of carbonyl (C=O) groups excluding carboxylic acids is 2. The number of carbonyl (C=O) groups is 2. The molecule has 2 rings (SSSR count). The molecule has 0 unspecified atom stereocenters. The van der Waals surface area contributed by atoms with Crippen molar-refractivity contribution < 1.29 is 18.7 Å². The van der Waals surface area contributed by atoms with Gasteiger partial charge in [0.2, 0.25) is 0 Å². The lowest BCUT2D eigenvalue weighted by atomic mass is 10.1. The molecule has 0 fully saturated rings. The fourth-order valence-corrected chi connectivity index (χ4v) is 1.77. The van der Waals surface area contributed by atoms with Gasteiger partial charge in [0.1, 0.15) is 11.6 Å². The Hall–Kier alpha value is -2.69. The third kappa shape index (κ3) is 4.14. The molecule has 2 aromatic carbocycles. The van der Waals surface area contributed by atoms with Gasteiger partial charge in [0.15, 0.2) is 12.4 Å². The third-order valence-electron chi connectivity index (χ3n) is 2.74. The number of benzene rings is 2. The number of anilines is 1. The first-order valence-electron chi connectivity index (χ1n) is 6.34. The van der Waals surface area contributed by atoms with Gasteiger partial charge >= 0.3 is 0 Å². The van der Waals surface area contributed by atoms with Crippen LogP contribution < -0.4 is 10.1 Å². The number of ether oxygens (including phenoxy) is 1. The van der Waals surface area contributed by atoms with Gasteiger partial charge in [-0.3, -0.25) is 9.59 Å². The van der Waals surface area contributed by atoms with E-state index in [1.165, 1.54) is 19.1 Å². The summed E-state index contributed by atoms with van der Waals surface area (Å²) < 4.78 is 18.4. The van der Waals surface area contributed by atoms with E-state index in [9.17, 15) is 14.0 Å². The fourth-order valence-electron chi connectivity index (χ4n) is 1.77. The van der Waals surface area contributed by atoms with Crippen molar-refractivity contribution in [1.82, 2.24) is 0 Å². The molecule has 0 aliphatic carbocycles. The summed E-state index contributed by atoms with van der Waals surface area (Å²) in [5.74, 6) is -1.11. The van der Waals surface area contributed by atoms with E-state index < -0.39 is 5.82 Å². The van der Waals surface area contributed by atoms with Crippen molar-refractivity contribution in [2.75, 3.05) is 11.9 Å². The van der Waals surface area contributed by atoms with Crippen LogP contribution in [0.3, 0.4) is 0 Å². The first-order chi connectivity index (χ1) is 10.1. The highest BCUT2D eigenvalue weighted by Gasteiger charge is 2.11. The van der Waals surface area contributed by atoms with Crippen LogP contribution in [-0.4, -0.2) is 18.3 Å². The predicted octanol–water partition coefficient (Wildman–Crippen LogP) is 3.05. The van der Waals surface area contributed by atoms with Crippen molar-refractivity contribution in [3.05, 3.63) is 59.9 Å². The smallest absolute Gasteiger partial charge is 0.262 e. The lowest BCUT2D eigenvalue weighted by Crippen LogP contribution is -2.20. The van der Waals surface area contributed by atoms with Crippen molar-refractivity contribution in [3.63, 3.8) is 0 Å². The van der Waals surface area contributed by atoms with Crippen LogP contribution in [-0.2, 0) is 4.79 Å². The average Bonchev–Trinajstić information content (AvgIpc) is 2.46. The zero-order valence-electron chi connectivity index (χ0n) is 11.4. The van der Waals surface area contributed by atoms with Gasteiger partial charge in [0.05, 0.1) is 5.56 Å². The minimum absolute atomic E-state index is 0.0608. The predicted molar refractivity (Wildman–Crippen MR) is 77.0 cm³/mol. The molecule has 0 radical (unpaired) electrons. The quantitative estimate of drug-likeness (QED) is 0.860. The van der Waals surface area contributed by atoms with E-state index in [-0.39, 0.29) is 29.6 Å². The van der Waals surface area contributed by atoms with Gasteiger partial charge in [-0.1, -0.05) is 18.2 Å². The molecular formula is C16H14FNO3. The van der Waals surface area contributed by atoms with Crippen molar-refractivity contribution in [2.45, 2.75) is 6.92 Å². The fraction of sp³-hybridized carbons (Fsp3) is 0.125. The summed E-state index contributed by atoms with van der Waals surface area (Å²) in [4.78, 5) is 23.1. The second-order valence-electron chi connectivity index (χ2n) is 4.40. The maximum Gasteiger partial charge on any atom is 0.262 e. The Kier molecular flexibility index (Phi) is 4.66. The van der Waals surface area contributed by atoms with E-state index in [1.54, 1.807) is 24.3 Å². The molecule has 0 saturated heterocycles. The van der Waals surface area contributed by atoms with Crippen LogP contribution in [0.4, 0.5) is 10.1 Å². The maximum atomic E-state index is 13.2. The zero-order chi connectivity index (χ0) is 15.2. The van der Waals surface area contributed by atoms with E-state index in [0.29, 0.717) is 5.69 Å². The van der Waals surface area contributed by atoms with Crippen molar-refractivity contribution in [1.29, 1.82) is 0 Å². The van der Waals surface area contributed by atoms with Gasteiger partial charge < -0.3 is 10.1 Å². The van der Waals surface area contributed by atoms with Crippen LogP contribution in [0.25, 0.3) is 0 Å². The second-order valence-corrected chi connectivity index (χ2v) is 4.40. The van der Waals surface area contributed by atoms with Gasteiger partial charge in [0.25, 0.3) is 5.91 Å². The van der Waals surface area contributed by atoms with Crippen molar-refractivity contribution >= 4 is 17.4 Å². The standard InChI is InChI=1S/C16H14FNO3/c1-11(19)14-8-7-12(17)9-15(14)21-10-16(20)18-13-5-3-2-4-6-13/h2-9H,10H2,1H3,(H,18,20). The van der Waals surface area contributed by atoms with E-state index >= 15 is 0 Å². The number of para-hydroxylation sites is 1. The molecular weight excluding hydrogens is 273 g/mol. The highest BCUT2D eigenvalue weighted by atomic mass is 19.1. The highest BCUT2D eigenvalue weighted by Crippen LogP contribution is 2.20. The minimum atomic E-state index is -0.529. The van der Waals surface area contributed by atoms with Gasteiger partial charge in [-0.05, 0) is 31.2 Å². The first-order valence-corrected chi connectivity index (χ1v) is 6.34. The van der Waals surface area contributed by atoms with E-state index in [2.05, 4.69) is 5.32 Å². The number of rotatable bonds is 5. The summed E-state index contributed by atoms with van der Waals surface area (Å²) in [6.07, 6.45) is 0. The van der Waals surface area contributed by atoms with Gasteiger partial charge in [-0.25, -0.2) is 4.39 Å². The monoisotopic (exact) mass is 287 g/mol. The lowest BCUT2D eigenvalue weighted by Gasteiger charge is -2.10. The van der Waals surface area contributed by atoms with Crippen LogP contribution in [0.15, 0.2) is 48.5 Å². The Morgan fingerprint density at radius 3 is 2.52 bits per heavy atom. The van der Waals surface area contributed by atoms with E-state index in [0.717, 1.165) is 6.07 Å². The van der Waals surface area contributed by atoms with Crippen LogP contribution >= 0.6 is 0 Å². The van der Waals surface area contributed by atoms with Crippen molar-refractivity contribution in [2.24, 2.45) is 0 Å². The summed E-state index contributed by atoms with van der Waals surface area (Å²) >= 11 is 0. The minimum Gasteiger partial charge on any atom is -0.483 e. The summed E-state index contributed by atoms with van der Waals surface area (Å²) in [6.45, 7) is 1.04. The Morgan fingerprint density at radius 2 is 1.86 bits per heavy atom. The van der Waals surface area contributed by atoms with Gasteiger partial charge in [-0.15, -0.1) is 0 Å². The molecule has 4 nitrogen and oxygen atoms in total. The first kappa shape index (κ1) is 14.7. The third-order valence-corrected chi connectivity index (χ3v) is 2.74. The summed E-state index contributed by atoms with van der Waals surface area (Å²) in [6, 6.07) is 12.5. The molecule has 0 aliphatic heterocycles. The number of ketones is 1. The van der Waals surface area contributed by atoms with Crippen molar-refractivity contribution in [3.8, 4) is 5.75 Å². The van der Waals surface area contributed by atoms with E-state index in [1.807, 2.05) is 6.07 Å². The zero-order valence-corrected chi connectivity index (χ0v) is 11.4. The average molecular weight is 287 g/mol. The summed E-state index contributed by atoms with van der Waals surface area (Å²) in [5.41, 5.74) is 0.876. The van der Waals surface area contributed by atoms with Crippen LogP contribution in [0, 0.1) is 5.82 Å². The Balaban J connectivity index is 2.01. The topological polar surface area (TPSA) is 55.4 Å². The van der Waals surface area contributed by atoms with Crippen LogP contribution in [0.5, 0.6) is 5.75 Å². The molecule has 1 N–H and O–H groups in total. The molecule has 108 valence electrons. The maximum absolute atomic E-state index is 13.2. The molecule has 5 heteroatoms. The molecule has 0 atom stereocenters. The number of amides is 1. The number of halogens is 1. The molecule has 1 amide bonds. The molecule has 21 heavy (non-hydrogen) atoms. The Morgan fingerprint density at radius 1 is 1.14 bits per heavy atom. The molecule has 0 aromatic heterocycles. The van der Waals surface area contributed by atoms with Gasteiger partial charge in [-0.2, -0.15) is 0 Å². The molecule has 0 saturated carbocycles. The summed E-state index contributed by atoms with van der Waals surface area (Å²) in [5, 5.41) is 2.63. The molecule has 0 bridgehead atoms. The Labute approximate surface area is 121 Å². The summed E-state index contributed by atoms with van der Waals surface area (Å²) in [7, 11) is 0. The molecule has 0 aliphatic rings. The van der Waals surface area contributed by atoms with Crippen LogP contribution in [0.1, 0.15) is 17.3 Å². The van der Waals surface area contributed by atoms with E-state index in [4.69, 9.17) is 4.74 Å². The lowest BCUT2D eigenvalue weighted by molar-refractivity contribution is -0.118.